The van der Waals surface area contributed by atoms with Crippen LogP contribution in [0, 0.1) is 5.82 Å². The molecule has 0 spiro atoms. The molecule has 1 fully saturated rings. The average molecular weight is 485 g/mol. The van der Waals surface area contributed by atoms with Crippen LogP contribution in [0.2, 0.25) is 5.02 Å². The maximum absolute atomic E-state index is 15.0. The molecule has 0 amide bonds. The van der Waals surface area contributed by atoms with Crippen LogP contribution in [-0.2, 0) is 0 Å². The number of hydrogen-bond donors (Lipinski definition) is 2. The number of hydrogen-bond acceptors (Lipinski definition) is 6. The molecule has 1 heterocycles. The highest BCUT2D eigenvalue weighted by Gasteiger charge is 2.15. The van der Waals surface area contributed by atoms with Gasteiger partial charge in [0, 0.05) is 34.5 Å². The van der Waals surface area contributed by atoms with E-state index >= 15 is 4.39 Å². The molecule has 0 aliphatic heterocycles. The second-order valence-electron chi connectivity index (χ2n) is 7.84. The highest BCUT2D eigenvalue weighted by atomic mass is 35.5. The molecular weight excluding hydrogens is 459 g/mol. The van der Waals surface area contributed by atoms with Gasteiger partial charge in [0.25, 0.3) is 0 Å². The SMILES string of the molecule is COc1c(/C=C/c2cnc(NC3CCCCC3)nc2)ccc(NSc2ccccc2Cl)c1F. The summed E-state index contributed by atoms with van der Waals surface area (Å²) in [5, 5.41) is 4.01. The first-order valence-corrected chi connectivity index (χ1v) is 12.1. The van der Waals surface area contributed by atoms with Crippen LogP contribution in [0.15, 0.2) is 53.7 Å². The largest absolute Gasteiger partial charge is 0.493 e. The molecular formula is C25H26ClFN4OS. The van der Waals surface area contributed by atoms with E-state index in [-0.39, 0.29) is 5.75 Å². The van der Waals surface area contributed by atoms with Gasteiger partial charge in [-0.2, -0.15) is 0 Å². The molecule has 0 bridgehead atoms. The predicted octanol–water partition coefficient (Wildman–Crippen LogP) is 7.31. The molecule has 1 saturated carbocycles. The first-order valence-electron chi connectivity index (χ1n) is 10.9. The van der Waals surface area contributed by atoms with Gasteiger partial charge < -0.3 is 14.8 Å². The zero-order chi connectivity index (χ0) is 23.0. The Morgan fingerprint density at radius 1 is 1.06 bits per heavy atom. The van der Waals surface area contributed by atoms with E-state index in [0.717, 1.165) is 23.3 Å². The van der Waals surface area contributed by atoms with Gasteiger partial charge in [0.1, 0.15) is 0 Å². The van der Waals surface area contributed by atoms with Crippen LogP contribution in [-0.4, -0.2) is 23.1 Å². The molecule has 5 nitrogen and oxygen atoms in total. The summed E-state index contributed by atoms with van der Waals surface area (Å²) in [7, 11) is 1.45. The summed E-state index contributed by atoms with van der Waals surface area (Å²) >= 11 is 7.41. The van der Waals surface area contributed by atoms with Crippen LogP contribution < -0.4 is 14.8 Å². The maximum Gasteiger partial charge on any atom is 0.222 e. The number of methoxy groups -OCH3 is 1. The van der Waals surface area contributed by atoms with Crippen LogP contribution in [0.3, 0.4) is 0 Å². The van der Waals surface area contributed by atoms with Crippen LogP contribution >= 0.6 is 23.5 Å². The van der Waals surface area contributed by atoms with Gasteiger partial charge in [0.05, 0.1) is 17.8 Å². The van der Waals surface area contributed by atoms with Gasteiger partial charge in [-0.05, 0) is 49.1 Å². The first-order chi connectivity index (χ1) is 16.1. The van der Waals surface area contributed by atoms with Gasteiger partial charge in [-0.25, -0.2) is 14.4 Å². The molecule has 1 aliphatic carbocycles. The van der Waals surface area contributed by atoms with Gasteiger partial charge in [0.2, 0.25) is 5.95 Å². The Hall–Kier alpha value is -2.77. The summed E-state index contributed by atoms with van der Waals surface area (Å²) < 4.78 is 23.4. The van der Waals surface area contributed by atoms with Crippen molar-refractivity contribution in [3.8, 4) is 5.75 Å². The number of rotatable bonds is 8. The molecule has 8 heteroatoms. The zero-order valence-electron chi connectivity index (χ0n) is 18.4. The molecule has 0 radical (unpaired) electrons. The van der Waals surface area contributed by atoms with Crippen LogP contribution in [0.25, 0.3) is 12.2 Å². The fraction of sp³-hybridized carbons (Fsp3) is 0.280. The lowest BCUT2D eigenvalue weighted by molar-refractivity contribution is 0.386. The molecule has 0 atom stereocenters. The number of aromatic nitrogens is 2. The highest BCUT2D eigenvalue weighted by molar-refractivity contribution is 8.00. The Morgan fingerprint density at radius 3 is 2.55 bits per heavy atom. The second-order valence-corrected chi connectivity index (χ2v) is 9.09. The number of halogens is 2. The van der Waals surface area contributed by atoms with E-state index in [4.69, 9.17) is 16.3 Å². The Morgan fingerprint density at radius 2 is 1.82 bits per heavy atom. The van der Waals surface area contributed by atoms with E-state index < -0.39 is 5.82 Å². The third-order valence-corrected chi connectivity index (χ3v) is 6.84. The molecule has 1 aromatic heterocycles. The van der Waals surface area contributed by atoms with Crippen LogP contribution in [0.5, 0.6) is 5.75 Å². The summed E-state index contributed by atoms with van der Waals surface area (Å²) in [5.41, 5.74) is 1.76. The van der Waals surface area contributed by atoms with E-state index in [1.807, 2.05) is 24.3 Å². The second kappa shape index (κ2) is 11.4. The molecule has 0 unspecified atom stereocenters. The van der Waals surface area contributed by atoms with Gasteiger partial charge >= 0.3 is 0 Å². The minimum Gasteiger partial charge on any atom is -0.493 e. The Labute approximate surface area is 203 Å². The summed E-state index contributed by atoms with van der Waals surface area (Å²) in [6, 6.07) is 11.3. The Balaban J connectivity index is 1.42. The van der Waals surface area contributed by atoms with E-state index in [0.29, 0.717) is 28.3 Å². The number of anilines is 2. The molecule has 3 aromatic rings. The van der Waals surface area contributed by atoms with Crippen molar-refractivity contribution in [2.45, 2.75) is 43.0 Å². The predicted molar refractivity (Wildman–Crippen MR) is 135 cm³/mol. The summed E-state index contributed by atoms with van der Waals surface area (Å²) in [6.45, 7) is 0. The number of ether oxygens (including phenoxy) is 1. The van der Waals surface area contributed by atoms with Gasteiger partial charge in [0.15, 0.2) is 11.6 Å². The lowest BCUT2D eigenvalue weighted by atomic mass is 9.96. The standard InChI is InChI=1S/C25H26ClFN4OS/c1-32-24-18(13-14-21(23(24)27)31-33-22-10-6-5-9-20(22)26)12-11-17-15-28-25(29-16-17)30-19-7-3-2-4-8-19/h5-6,9-16,19,31H,2-4,7-8H2,1H3,(H,28,29,30)/b12-11+. The Bertz CT molecular complexity index is 1100. The minimum atomic E-state index is -0.470. The molecule has 2 N–H and O–H groups in total. The summed E-state index contributed by atoms with van der Waals surface area (Å²) in [6.07, 6.45) is 13.3. The topological polar surface area (TPSA) is 59.1 Å². The summed E-state index contributed by atoms with van der Waals surface area (Å²) in [4.78, 5) is 9.64. The van der Waals surface area contributed by atoms with Crippen molar-refractivity contribution < 1.29 is 9.13 Å². The van der Waals surface area contributed by atoms with Gasteiger partial charge in [-0.3, -0.25) is 0 Å². The fourth-order valence-corrected chi connectivity index (χ4v) is 4.68. The monoisotopic (exact) mass is 484 g/mol. The van der Waals surface area contributed by atoms with E-state index in [2.05, 4.69) is 20.0 Å². The van der Waals surface area contributed by atoms with Crippen molar-refractivity contribution in [2.24, 2.45) is 0 Å². The average Bonchev–Trinajstić information content (AvgIpc) is 2.84. The van der Waals surface area contributed by atoms with Crippen molar-refractivity contribution in [3.05, 3.63) is 70.8 Å². The van der Waals surface area contributed by atoms with Crippen molar-refractivity contribution in [1.82, 2.24) is 9.97 Å². The zero-order valence-corrected chi connectivity index (χ0v) is 19.9. The highest BCUT2D eigenvalue weighted by Crippen LogP contribution is 2.34. The molecule has 4 rings (SSSR count). The fourth-order valence-electron chi connectivity index (χ4n) is 3.74. The maximum atomic E-state index is 15.0. The molecule has 1 aliphatic rings. The normalized spacial score (nSPS) is 14.4. The molecule has 33 heavy (non-hydrogen) atoms. The smallest absolute Gasteiger partial charge is 0.222 e. The van der Waals surface area contributed by atoms with Crippen molar-refractivity contribution >= 4 is 47.3 Å². The number of benzene rings is 2. The van der Waals surface area contributed by atoms with E-state index in [1.54, 1.807) is 36.7 Å². The lowest BCUT2D eigenvalue weighted by Gasteiger charge is -2.22. The van der Waals surface area contributed by atoms with Crippen molar-refractivity contribution in [3.63, 3.8) is 0 Å². The molecule has 172 valence electrons. The molecule has 2 aromatic carbocycles. The first kappa shape index (κ1) is 23.4. The van der Waals surface area contributed by atoms with Gasteiger partial charge in [-0.1, -0.05) is 55.1 Å². The van der Waals surface area contributed by atoms with Crippen molar-refractivity contribution in [1.29, 1.82) is 0 Å². The molecule has 0 saturated heterocycles. The number of nitrogens with zero attached hydrogens (tertiary/aromatic N) is 2. The van der Waals surface area contributed by atoms with Gasteiger partial charge in [-0.15, -0.1) is 0 Å². The van der Waals surface area contributed by atoms with E-state index in [9.17, 15) is 0 Å². The Kier molecular flexibility index (Phi) is 8.07. The van der Waals surface area contributed by atoms with Crippen LogP contribution in [0.4, 0.5) is 16.0 Å². The van der Waals surface area contributed by atoms with E-state index in [1.165, 1.54) is 38.3 Å². The van der Waals surface area contributed by atoms with Crippen molar-refractivity contribution in [2.75, 3.05) is 17.1 Å². The lowest BCUT2D eigenvalue weighted by Crippen LogP contribution is -2.23. The third kappa shape index (κ3) is 6.18. The minimum absolute atomic E-state index is 0.160. The van der Waals surface area contributed by atoms with Crippen LogP contribution in [0.1, 0.15) is 43.2 Å². The third-order valence-electron chi connectivity index (χ3n) is 5.50. The number of nitrogens with one attached hydrogen (secondary N) is 2. The summed E-state index contributed by atoms with van der Waals surface area (Å²) in [5.74, 6) is 0.337. The quantitative estimate of drug-likeness (QED) is 0.327.